The number of halogens is 8. The SMILES string of the molecule is C=Cc1ccc(Oc2ccc(C3(c4c(F)cc(F)cc4F)c4ccccc4-c4ccc(N(c5ccc(F)cc5)c5ccc(-c6ccc(N(c7ccc(F)cc7)c7ccc8c(c7)C(c7ccc(Oc9ccc(C=C)cc9)cc7)(c7c(F)cc(F)cc7F)c7ccccc7-8)cc6)cc5)cc43)cc2)cc1. The summed E-state index contributed by atoms with van der Waals surface area (Å²) < 4.78 is 141. The number of fused-ring (bicyclic) bond motifs is 6. The zero-order valence-corrected chi connectivity index (χ0v) is 54.2. The lowest BCUT2D eigenvalue weighted by Crippen LogP contribution is -2.31. The summed E-state index contributed by atoms with van der Waals surface area (Å²) in [6, 6.07) is 85.1. The van der Waals surface area contributed by atoms with Gasteiger partial charge in [-0.05, 0) is 223 Å². The van der Waals surface area contributed by atoms with Crippen LogP contribution in [0.1, 0.15) is 55.6 Å². The molecule has 2 aliphatic carbocycles. The van der Waals surface area contributed by atoms with Crippen LogP contribution in [0.15, 0.2) is 316 Å². The first-order valence-corrected chi connectivity index (χ1v) is 32.8. The van der Waals surface area contributed by atoms with Gasteiger partial charge >= 0.3 is 0 Å². The Morgan fingerprint density at radius 3 is 0.873 bits per heavy atom. The predicted molar refractivity (Wildman–Crippen MR) is 389 cm³/mol. The number of anilines is 6. The molecule has 0 N–H and O–H groups in total. The fraction of sp³-hybridized carbons (Fsp3) is 0.0222. The van der Waals surface area contributed by atoms with Gasteiger partial charge in [0.15, 0.2) is 0 Å². The Morgan fingerprint density at radius 2 is 0.549 bits per heavy atom. The van der Waals surface area contributed by atoms with E-state index >= 15 is 26.3 Å². The van der Waals surface area contributed by atoms with Crippen molar-refractivity contribution in [2.45, 2.75) is 10.8 Å². The molecule has 4 nitrogen and oxygen atoms in total. The largest absolute Gasteiger partial charge is 0.457 e. The topological polar surface area (TPSA) is 24.9 Å². The van der Waals surface area contributed by atoms with Crippen LogP contribution >= 0.6 is 0 Å². The highest BCUT2D eigenvalue weighted by Gasteiger charge is 2.51. The number of ether oxygens (including phenoxy) is 2. The van der Waals surface area contributed by atoms with E-state index in [0.717, 1.165) is 22.3 Å². The Hall–Kier alpha value is -12.8. The number of hydrogen-bond acceptors (Lipinski definition) is 4. The Kier molecular flexibility index (Phi) is 16.2. The normalized spacial score (nSPS) is 14.6. The second-order valence-corrected chi connectivity index (χ2v) is 25.1. The monoisotopic (exact) mass is 1350 g/mol. The lowest BCUT2D eigenvalue weighted by molar-refractivity contribution is 0.481. The Labute approximate surface area is 583 Å². The van der Waals surface area contributed by atoms with E-state index < -0.39 is 57.4 Å². The molecule has 2 atom stereocenters. The molecule has 0 heterocycles. The molecule has 2 aliphatic rings. The molecule has 12 heteroatoms. The van der Waals surface area contributed by atoms with Gasteiger partial charge in [-0.2, -0.15) is 0 Å². The van der Waals surface area contributed by atoms with Crippen LogP contribution in [0.4, 0.5) is 69.2 Å². The molecule has 0 saturated carbocycles. The van der Waals surface area contributed by atoms with Crippen LogP contribution in [0.2, 0.25) is 0 Å². The maximum absolute atomic E-state index is 17.1. The first-order chi connectivity index (χ1) is 49.7. The molecule has 0 saturated heterocycles. The van der Waals surface area contributed by atoms with Gasteiger partial charge in [-0.3, -0.25) is 0 Å². The van der Waals surface area contributed by atoms with Gasteiger partial charge in [0.25, 0.3) is 0 Å². The van der Waals surface area contributed by atoms with Gasteiger partial charge in [-0.1, -0.05) is 159 Å². The molecular formula is C90H56F8N2O2. The van der Waals surface area contributed by atoms with Gasteiger partial charge in [-0.15, -0.1) is 0 Å². The Balaban J connectivity index is 0.781. The number of benzene rings is 14. The minimum atomic E-state index is -1.70. The molecule has 16 rings (SSSR count). The van der Waals surface area contributed by atoms with Crippen molar-refractivity contribution in [2.75, 3.05) is 9.80 Å². The van der Waals surface area contributed by atoms with Crippen LogP contribution in [0.5, 0.6) is 23.0 Å². The van der Waals surface area contributed by atoms with E-state index in [4.69, 9.17) is 9.47 Å². The standard InChI is InChI=1S/C90H56F8N2O2/c1-3-55-13-39-71(40-14-55)101-73-43-21-59(22-44-73)89(87-83(95)49-63(93)50-84(87)96)79-11-7-5-9-75(79)77-47-37-69(53-81(77)89)99(67-33-25-61(91)26-34-67)65-29-17-57(18-30-65)58-19-31-66(32-20-58)100(68-35-27-62(92)28-36-68)70-38-48-78-76-10-6-8-12-80(76)90(82(78)54-70,88-85(97)51-64(94)52-86(88)98)60-23-45-74(46-24-60)102-72-41-15-56(4-2)16-42-72/h3-54H,1-2H2. The van der Waals surface area contributed by atoms with Crippen LogP contribution in [0.25, 0.3) is 45.5 Å². The van der Waals surface area contributed by atoms with Crippen LogP contribution in [-0.4, -0.2) is 0 Å². The molecule has 0 amide bonds. The third-order valence-electron chi connectivity index (χ3n) is 19.4. The van der Waals surface area contributed by atoms with Crippen LogP contribution < -0.4 is 19.3 Å². The first-order valence-electron chi connectivity index (χ1n) is 32.8. The Morgan fingerprint density at radius 1 is 0.265 bits per heavy atom. The highest BCUT2D eigenvalue weighted by Crippen LogP contribution is 2.61. The highest BCUT2D eigenvalue weighted by atomic mass is 19.2. The number of nitrogens with zero attached hydrogens (tertiary/aromatic N) is 2. The van der Waals surface area contributed by atoms with Gasteiger partial charge in [-0.25, -0.2) is 35.1 Å². The van der Waals surface area contributed by atoms with Crippen molar-refractivity contribution in [3.05, 3.63) is 419 Å². The fourth-order valence-corrected chi connectivity index (χ4v) is 14.9. The van der Waals surface area contributed by atoms with Gasteiger partial charge in [0.1, 0.15) is 69.5 Å². The fourth-order valence-electron chi connectivity index (χ4n) is 14.9. The first kappa shape index (κ1) is 63.9. The minimum absolute atomic E-state index is 0.378. The predicted octanol–water partition coefficient (Wildman–Crippen LogP) is 25.0. The highest BCUT2D eigenvalue weighted by molar-refractivity contribution is 5.92. The zero-order chi connectivity index (χ0) is 70.0. The molecule has 102 heavy (non-hydrogen) atoms. The van der Waals surface area contributed by atoms with Crippen LogP contribution in [0, 0.1) is 46.5 Å². The van der Waals surface area contributed by atoms with E-state index in [2.05, 4.69) is 13.2 Å². The summed E-state index contributed by atoms with van der Waals surface area (Å²) in [6.07, 6.45) is 3.45. The maximum atomic E-state index is 17.1. The van der Waals surface area contributed by atoms with Crippen molar-refractivity contribution >= 4 is 46.3 Å². The molecular weight excluding hydrogens is 1290 g/mol. The van der Waals surface area contributed by atoms with Crippen LogP contribution in [-0.2, 0) is 10.8 Å². The van der Waals surface area contributed by atoms with E-state index in [0.29, 0.717) is 137 Å². The summed E-state index contributed by atoms with van der Waals surface area (Å²) in [5, 5.41) is 0. The second kappa shape index (κ2) is 25.8. The smallest absolute Gasteiger partial charge is 0.133 e. The van der Waals surface area contributed by atoms with Gasteiger partial charge in [0.05, 0.1) is 10.8 Å². The summed E-state index contributed by atoms with van der Waals surface area (Å²) in [5.74, 6) is -5.38. The molecule has 0 radical (unpaired) electrons. The summed E-state index contributed by atoms with van der Waals surface area (Å²) >= 11 is 0. The number of hydrogen-bond donors (Lipinski definition) is 0. The van der Waals surface area contributed by atoms with Crippen molar-refractivity contribution in [3.63, 3.8) is 0 Å². The van der Waals surface area contributed by atoms with E-state index in [1.807, 2.05) is 180 Å². The van der Waals surface area contributed by atoms with E-state index in [1.54, 1.807) is 97.1 Å². The average Bonchev–Trinajstić information content (AvgIpc) is 1.53. The van der Waals surface area contributed by atoms with Crippen molar-refractivity contribution in [1.29, 1.82) is 0 Å². The summed E-state index contributed by atoms with van der Waals surface area (Å²) in [5.41, 5.74) is 8.62. The van der Waals surface area contributed by atoms with Crippen molar-refractivity contribution in [1.82, 2.24) is 0 Å². The van der Waals surface area contributed by atoms with Gasteiger partial charge in [0, 0.05) is 69.5 Å². The molecule has 0 aromatic heterocycles. The van der Waals surface area contributed by atoms with Crippen molar-refractivity contribution in [2.24, 2.45) is 0 Å². The summed E-state index contributed by atoms with van der Waals surface area (Å²) in [4.78, 5) is 3.84. The molecule has 0 aliphatic heterocycles. The molecule has 494 valence electrons. The third kappa shape index (κ3) is 11.0. The minimum Gasteiger partial charge on any atom is -0.457 e. The van der Waals surface area contributed by atoms with E-state index in [9.17, 15) is 8.78 Å². The zero-order valence-electron chi connectivity index (χ0n) is 54.2. The Bertz CT molecular complexity index is 5180. The second-order valence-electron chi connectivity index (χ2n) is 25.1. The van der Waals surface area contributed by atoms with Gasteiger partial charge < -0.3 is 19.3 Å². The maximum Gasteiger partial charge on any atom is 0.133 e. The van der Waals surface area contributed by atoms with Crippen molar-refractivity contribution in [3.8, 4) is 56.4 Å². The molecule has 0 fully saturated rings. The van der Waals surface area contributed by atoms with E-state index in [-0.39, 0.29) is 11.1 Å². The van der Waals surface area contributed by atoms with E-state index in [1.165, 1.54) is 24.3 Å². The average molecular weight is 1350 g/mol. The van der Waals surface area contributed by atoms with Crippen LogP contribution in [0.3, 0.4) is 0 Å². The summed E-state index contributed by atoms with van der Waals surface area (Å²) in [7, 11) is 0. The number of rotatable bonds is 17. The molecule has 0 spiro atoms. The van der Waals surface area contributed by atoms with Crippen molar-refractivity contribution < 1.29 is 44.6 Å². The molecule has 14 aromatic carbocycles. The molecule has 14 aromatic rings. The summed E-state index contributed by atoms with van der Waals surface area (Å²) in [6.45, 7) is 7.67. The molecule has 0 bridgehead atoms. The lowest BCUT2D eigenvalue weighted by Gasteiger charge is -2.35. The third-order valence-corrected chi connectivity index (χ3v) is 19.4. The lowest BCUT2D eigenvalue weighted by atomic mass is 9.67. The molecule has 2 unspecified atom stereocenters. The van der Waals surface area contributed by atoms with Gasteiger partial charge in [0.2, 0.25) is 0 Å². The quantitative estimate of drug-likeness (QED) is 0.0849.